The zero-order chi connectivity index (χ0) is 12.1. The fourth-order valence-electron chi connectivity index (χ4n) is 1.46. The van der Waals surface area contributed by atoms with Crippen LogP contribution in [-0.2, 0) is 6.42 Å². The minimum Gasteiger partial charge on any atom is -0.508 e. The number of hydrogen-bond donors (Lipinski definition) is 1. The molecular weight excluding hydrogens is 216 g/mol. The van der Waals surface area contributed by atoms with Crippen molar-refractivity contribution in [1.82, 2.24) is 0 Å². The van der Waals surface area contributed by atoms with Crippen LogP contribution < -0.4 is 5.63 Å². The van der Waals surface area contributed by atoms with Crippen molar-refractivity contribution >= 4 is 6.08 Å². The van der Waals surface area contributed by atoms with Gasteiger partial charge in [0.2, 0.25) is 0 Å². The van der Waals surface area contributed by atoms with Gasteiger partial charge >= 0.3 is 5.63 Å². The summed E-state index contributed by atoms with van der Waals surface area (Å²) in [5.74, 6) is 0.242. The number of phenols is 1. The van der Waals surface area contributed by atoms with Gasteiger partial charge in [0.1, 0.15) is 5.75 Å². The van der Waals surface area contributed by atoms with Crippen molar-refractivity contribution in [3.8, 4) is 5.75 Å². The molecule has 86 valence electrons. The number of hydrogen-bond acceptors (Lipinski definition) is 3. The largest absolute Gasteiger partial charge is 0.508 e. The van der Waals surface area contributed by atoms with Gasteiger partial charge in [-0.1, -0.05) is 24.3 Å². The summed E-state index contributed by atoms with van der Waals surface area (Å²) in [5.41, 5.74) is 1.30. The van der Waals surface area contributed by atoms with Crippen molar-refractivity contribution in [2.45, 2.75) is 6.42 Å². The van der Waals surface area contributed by atoms with E-state index in [-0.39, 0.29) is 11.4 Å². The van der Waals surface area contributed by atoms with Gasteiger partial charge in [-0.25, -0.2) is 4.79 Å². The third-order valence-electron chi connectivity index (χ3n) is 2.35. The minimum absolute atomic E-state index is 0.242. The van der Waals surface area contributed by atoms with E-state index in [0.29, 0.717) is 12.0 Å². The van der Waals surface area contributed by atoms with Crippen LogP contribution in [0.1, 0.15) is 11.1 Å². The molecular formula is C14H12O3. The second-order valence-electron chi connectivity index (χ2n) is 3.62. The molecule has 0 unspecified atom stereocenters. The molecule has 0 saturated carbocycles. The van der Waals surface area contributed by atoms with E-state index in [2.05, 4.69) is 0 Å². The lowest BCUT2D eigenvalue weighted by molar-refractivity contribution is 0.475. The normalized spacial score (nSPS) is 10.8. The molecule has 0 aliphatic carbocycles. The quantitative estimate of drug-likeness (QED) is 0.878. The summed E-state index contributed by atoms with van der Waals surface area (Å²) in [4.78, 5) is 11.3. The third kappa shape index (κ3) is 3.08. The first-order valence-corrected chi connectivity index (χ1v) is 5.28. The minimum atomic E-state index is -0.303. The standard InChI is InChI=1S/C14H12O3/c15-13-8-6-11(7-9-13)3-1-4-12-5-2-10-17-14(12)16/h1-3,5-10,15H,4H2. The van der Waals surface area contributed by atoms with E-state index < -0.39 is 0 Å². The fraction of sp³-hybridized carbons (Fsp3) is 0.0714. The van der Waals surface area contributed by atoms with Crippen LogP contribution in [0.5, 0.6) is 5.75 Å². The van der Waals surface area contributed by atoms with Gasteiger partial charge in [-0.05, 0) is 36.2 Å². The molecule has 1 heterocycles. The Labute approximate surface area is 98.7 Å². The summed E-state index contributed by atoms with van der Waals surface area (Å²) in [6, 6.07) is 10.3. The molecule has 0 aliphatic heterocycles. The first-order chi connectivity index (χ1) is 8.25. The zero-order valence-electron chi connectivity index (χ0n) is 9.17. The van der Waals surface area contributed by atoms with Gasteiger partial charge in [0.15, 0.2) is 0 Å². The Morgan fingerprint density at radius 3 is 2.65 bits per heavy atom. The van der Waals surface area contributed by atoms with Crippen LogP contribution in [0, 0.1) is 0 Å². The van der Waals surface area contributed by atoms with Gasteiger partial charge in [-0.3, -0.25) is 0 Å². The maximum absolute atomic E-state index is 11.3. The monoisotopic (exact) mass is 228 g/mol. The molecule has 0 spiro atoms. The molecule has 1 aromatic heterocycles. The second-order valence-corrected chi connectivity index (χ2v) is 3.62. The summed E-state index contributed by atoms with van der Waals surface area (Å²) in [5, 5.41) is 9.12. The van der Waals surface area contributed by atoms with E-state index >= 15 is 0 Å². The van der Waals surface area contributed by atoms with Crippen LogP contribution in [-0.4, -0.2) is 5.11 Å². The smallest absolute Gasteiger partial charge is 0.339 e. The highest BCUT2D eigenvalue weighted by atomic mass is 16.4. The van der Waals surface area contributed by atoms with Crippen molar-refractivity contribution in [2.24, 2.45) is 0 Å². The molecule has 17 heavy (non-hydrogen) atoms. The molecule has 0 bridgehead atoms. The van der Waals surface area contributed by atoms with Crippen molar-refractivity contribution in [3.63, 3.8) is 0 Å². The van der Waals surface area contributed by atoms with Gasteiger partial charge in [0.25, 0.3) is 0 Å². The lowest BCUT2D eigenvalue weighted by Gasteiger charge is -1.95. The Morgan fingerprint density at radius 1 is 1.18 bits per heavy atom. The highest BCUT2D eigenvalue weighted by molar-refractivity contribution is 5.50. The van der Waals surface area contributed by atoms with Gasteiger partial charge in [0.05, 0.1) is 6.26 Å². The molecule has 1 aromatic carbocycles. The summed E-state index contributed by atoms with van der Waals surface area (Å²) < 4.78 is 4.75. The molecule has 3 heteroatoms. The third-order valence-corrected chi connectivity index (χ3v) is 2.35. The fourth-order valence-corrected chi connectivity index (χ4v) is 1.46. The first-order valence-electron chi connectivity index (χ1n) is 5.28. The molecule has 0 amide bonds. The predicted molar refractivity (Wildman–Crippen MR) is 65.8 cm³/mol. The molecule has 2 rings (SSSR count). The predicted octanol–water partition coefficient (Wildman–Crippen LogP) is 2.60. The Bertz CT molecular complexity index is 565. The van der Waals surface area contributed by atoms with Crippen LogP contribution in [0.15, 0.2) is 57.9 Å². The Balaban J connectivity index is 2.05. The number of aromatic hydroxyl groups is 1. The van der Waals surface area contributed by atoms with Gasteiger partial charge in [0, 0.05) is 5.56 Å². The summed E-state index contributed by atoms with van der Waals surface area (Å²) in [6.45, 7) is 0. The number of allylic oxidation sites excluding steroid dienone is 1. The summed E-state index contributed by atoms with van der Waals surface area (Å²) in [7, 11) is 0. The Kier molecular flexibility index (Phi) is 3.40. The van der Waals surface area contributed by atoms with Crippen LogP contribution in [0.2, 0.25) is 0 Å². The van der Waals surface area contributed by atoms with E-state index in [1.165, 1.54) is 6.26 Å². The summed E-state index contributed by atoms with van der Waals surface area (Å²) in [6.07, 6.45) is 5.68. The second kappa shape index (κ2) is 5.16. The van der Waals surface area contributed by atoms with Crippen molar-refractivity contribution in [2.75, 3.05) is 0 Å². The molecule has 3 nitrogen and oxygen atoms in total. The molecule has 1 N–H and O–H groups in total. The molecule has 0 aliphatic rings. The van der Waals surface area contributed by atoms with Crippen LogP contribution >= 0.6 is 0 Å². The molecule has 0 saturated heterocycles. The van der Waals surface area contributed by atoms with Crippen molar-refractivity contribution in [1.29, 1.82) is 0 Å². The maximum atomic E-state index is 11.3. The highest BCUT2D eigenvalue weighted by Gasteiger charge is 1.96. The topological polar surface area (TPSA) is 50.4 Å². The molecule has 2 aromatic rings. The van der Waals surface area contributed by atoms with Crippen molar-refractivity contribution in [3.05, 3.63) is 70.3 Å². The number of rotatable bonds is 3. The SMILES string of the molecule is O=c1occcc1CC=Cc1ccc(O)cc1. The van der Waals surface area contributed by atoms with Crippen LogP contribution in [0.25, 0.3) is 6.08 Å². The van der Waals surface area contributed by atoms with Gasteiger partial charge < -0.3 is 9.52 Å². The molecule has 0 fully saturated rings. The van der Waals surface area contributed by atoms with Crippen LogP contribution in [0.4, 0.5) is 0 Å². The summed E-state index contributed by atoms with van der Waals surface area (Å²) >= 11 is 0. The average Bonchev–Trinajstić information content (AvgIpc) is 2.34. The number of phenolic OH excluding ortho intramolecular Hbond substituents is 1. The van der Waals surface area contributed by atoms with E-state index in [4.69, 9.17) is 9.52 Å². The Morgan fingerprint density at radius 2 is 1.94 bits per heavy atom. The van der Waals surface area contributed by atoms with Gasteiger partial charge in [-0.15, -0.1) is 0 Å². The lowest BCUT2D eigenvalue weighted by atomic mass is 10.1. The zero-order valence-corrected chi connectivity index (χ0v) is 9.17. The van der Waals surface area contributed by atoms with Gasteiger partial charge in [-0.2, -0.15) is 0 Å². The van der Waals surface area contributed by atoms with Crippen molar-refractivity contribution < 1.29 is 9.52 Å². The lowest BCUT2D eigenvalue weighted by Crippen LogP contribution is -2.04. The first kappa shape index (κ1) is 11.2. The van der Waals surface area contributed by atoms with E-state index in [1.54, 1.807) is 36.4 Å². The number of benzene rings is 1. The Hall–Kier alpha value is -2.29. The highest BCUT2D eigenvalue weighted by Crippen LogP contribution is 2.11. The molecule has 0 radical (unpaired) electrons. The van der Waals surface area contributed by atoms with Crippen LogP contribution in [0.3, 0.4) is 0 Å². The molecule has 0 atom stereocenters. The average molecular weight is 228 g/mol. The van der Waals surface area contributed by atoms with E-state index in [9.17, 15) is 4.79 Å². The maximum Gasteiger partial charge on any atom is 0.339 e. The van der Waals surface area contributed by atoms with E-state index in [0.717, 1.165) is 5.56 Å². The van der Waals surface area contributed by atoms with E-state index in [1.807, 2.05) is 12.2 Å².